The van der Waals surface area contributed by atoms with Crippen molar-refractivity contribution in [3.63, 3.8) is 0 Å². The lowest BCUT2D eigenvalue weighted by molar-refractivity contribution is -0.121. The molecule has 0 aliphatic rings. The van der Waals surface area contributed by atoms with Crippen molar-refractivity contribution in [3.8, 4) is 6.07 Å². The lowest BCUT2D eigenvalue weighted by atomic mass is 10.1. The number of hydrogen-bond donors (Lipinski definition) is 2. The van der Waals surface area contributed by atoms with E-state index in [2.05, 4.69) is 26.6 Å². The monoisotopic (exact) mass is 399 g/mol. The molecule has 0 aromatic heterocycles. The number of carbonyl (C=O) groups excluding carboxylic acids is 2. The summed E-state index contributed by atoms with van der Waals surface area (Å²) >= 11 is 3.38. The number of hydrogen-bond acceptors (Lipinski definition) is 3. The topological polar surface area (TPSA) is 82.0 Å². The van der Waals surface area contributed by atoms with E-state index in [9.17, 15) is 9.59 Å². The fourth-order valence-corrected chi connectivity index (χ4v) is 2.50. The summed E-state index contributed by atoms with van der Waals surface area (Å²) < 4.78 is 1.02. The molecule has 2 rings (SSSR count). The van der Waals surface area contributed by atoms with E-state index in [1.165, 1.54) is 0 Å². The number of aryl methyl sites for hydroxylation is 1. The number of benzene rings is 2. The molecule has 25 heavy (non-hydrogen) atoms. The SMILES string of the molecule is N#CCC(=O)Nc1cccc(CNC(=O)CCc2ccc(Br)cc2)c1. The van der Waals surface area contributed by atoms with Gasteiger partial charge in [0.1, 0.15) is 6.42 Å². The van der Waals surface area contributed by atoms with Crippen molar-refractivity contribution in [2.75, 3.05) is 5.32 Å². The number of nitrogens with one attached hydrogen (secondary N) is 2. The summed E-state index contributed by atoms with van der Waals surface area (Å²) in [5.41, 5.74) is 2.61. The molecule has 5 nitrogen and oxygen atoms in total. The molecule has 0 aliphatic heterocycles. The standard InChI is InChI=1S/C19H18BrN3O2/c20-16-7-4-14(5-8-16)6-9-18(24)22-13-15-2-1-3-17(12-15)23-19(25)10-11-21/h1-5,7-8,12H,6,9-10,13H2,(H,22,24)(H,23,25). The third-order valence-corrected chi connectivity index (χ3v) is 4.02. The van der Waals surface area contributed by atoms with Crippen LogP contribution in [0.4, 0.5) is 5.69 Å². The van der Waals surface area contributed by atoms with Crippen molar-refractivity contribution in [1.82, 2.24) is 5.32 Å². The maximum absolute atomic E-state index is 12.0. The highest BCUT2D eigenvalue weighted by Crippen LogP contribution is 2.13. The Morgan fingerprint density at radius 3 is 2.52 bits per heavy atom. The van der Waals surface area contributed by atoms with E-state index in [1.807, 2.05) is 30.3 Å². The van der Waals surface area contributed by atoms with Crippen molar-refractivity contribution < 1.29 is 9.59 Å². The first-order valence-electron chi connectivity index (χ1n) is 7.83. The lowest BCUT2D eigenvalue weighted by Gasteiger charge is -2.08. The molecule has 2 amide bonds. The third kappa shape index (κ3) is 6.77. The van der Waals surface area contributed by atoms with Gasteiger partial charge >= 0.3 is 0 Å². The zero-order valence-electron chi connectivity index (χ0n) is 13.6. The first kappa shape index (κ1) is 18.7. The number of nitriles is 1. The van der Waals surface area contributed by atoms with Crippen LogP contribution in [0.1, 0.15) is 24.0 Å². The predicted molar refractivity (Wildman–Crippen MR) is 99.6 cm³/mol. The minimum Gasteiger partial charge on any atom is -0.352 e. The van der Waals surface area contributed by atoms with Crippen LogP contribution in [0.3, 0.4) is 0 Å². The summed E-state index contributed by atoms with van der Waals surface area (Å²) in [5, 5.41) is 14.0. The van der Waals surface area contributed by atoms with Gasteiger partial charge in [0, 0.05) is 23.1 Å². The van der Waals surface area contributed by atoms with Gasteiger partial charge in [-0.3, -0.25) is 9.59 Å². The van der Waals surface area contributed by atoms with Gasteiger partial charge in [0.05, 0.1) is 6.07 Å². The molecule has 0 saturated heterocycles. The first-order chi connectivity index (χ1) is 12.1. The summed E-state index contributed by atoms with van der Waals surface area (Å²) in [5.74, 6) is -0.375. The highest BCUT2D eigenvalue weighted by molar-refractivity contribution is 9.10. The number of rotatable bonds is 7. The molecule has 128 valence electrons. The summed E-state index contributed by atoms with van der Waals surface area (Å²) in [6.45, 7) is 0.390. The van der Waals surface area contributed by atoms with Crippen LogP contribution in [0.15, 0.2) is 53.0 Å². The summed E-state index contributed by atoms with van der Waals surface area (Å²) in [4.78, 5) is 23.4. The molecule has 2 aromatic carbocycles. The molecule has 0 saturated carbocycles. The van der Waals surface area contributed by atoms with Gasteiger partial charge in [0.25, 0.3) is 0 Å². The quantitative estimate of drug-likeness (QED) is 0.746. The Hall–Kier alpha value is -2.65. The van der Waals surface area contributed by atoms with Crippen molar-refractivity contribution in [3.05, 3.63) is 64.1 Å². The van der Waals surface area contributed by atoms with E-state index in [1.54, 1.807) is 24.3 Å². The first-order valence-corrected chi connectivity index (χ1v) is 8.63. The Balaban J connectivity index is 1.80. The summed E-state index contributed by atoms with van der Waals surface area (Å²) in [6.07, 6.45) is 0.917. The van der Waals surface area contributed by atoms with Gasteiger partial charge in [-0.1, -0.05) is 40.2 Å². The molecule has 0 fully saturated rings. The van der Waals surface area contributed by atoms with Crippen molar-refractivity contribution in [2.45, 2.75) is 25.8 Å². The van der Waals surface area contributed by atoms with Gasteiger partial charge in [0.2, 0.25) is 11.8 Å². The maximum Gasteiger partial charge on any atom is 0.238 e. The Kier molecular flexibility index (Phi) is 7.17. The average molecular weight is 400 g/mol. The van der Waals surface area contributed by atoms with Gasteiger partial charge in [-0.05, 0) is 41.8 Å². The molecule has 6 heteroatoms. The fourth-order valence-electron chi connectivity index (χ4n) is 2.23. The number of anilines is 1. The highest BCUT2D eigenvalue weighted by Gasteiger charge is 2.05. The van der Waals surface area contributed by atoms with Gasteiger partial charge in [-0.2, -0.15) is 5.26 Å². The second-order valence-electron chi connectivity index (χ2n) is 5.49. The van der Waals surface area contributed by atoms with Crippen LogP contribution >= 0.6 is 15.9 Å². The van der Waals surface area contributed by atoms with Crippen molar-refractivity contribution in [2.24, 2.45) is 0 Å². The zero-order chi connectivity index (χ0) is 18.1. The number of carbonyl (C=O) groups is 2. The third-order valence-electron chi connectivity index (χ3n) is 3.49. The van der Waals surface area contributed by atoms with Crippen LogP contribution in [-0.2, 0) is 22.6 Å². The minimum absolute atomic E-state index is 0.0261. The van der Waals surface area contributed by atoms with E-state index < -0.39 is 0 Å². The summed E-state index contributed by atoms with van der Waals surface area (Å²) in [7, 11) is 0. The molecular weight excluding hydrogens is 382 g/mol. The number of nitrogens with zero attached hydrogens (tertiary/aromatic N) is 1. The van der Waals surface area contributed by atoms with E-state index in [-0.39, 0.29) is 18.2 Å². The molecule has 0 heterocycles. The molecule has 2 N–H and O–H groups in total. The molecule has 0 radical (unpaired) electrons. The zero-order valence-corrected chi connectivity index (χ0v) is 15.2. The Morgan fingerprint density at radius 1 is 1.04 bits per heavy atom. The predicted octanol–water partition coefficient (Wildman–Crippen LogP) is 3.55. The lowest BCUT2D eigenvalue weighted by Crippen LogP contribution is -2.23. The van der Waals surface area contributed by atoms with Crippen LogP contribution in [0.25, 0.3) is 0 Å². The summed E-state index contributed by atoms with van der Waals surface area (Å²) in [6, 6.07) is 16.9. The molecule has 2 aromatic rings. The molecule has 0 atom stereocenters. The van der Waals surface area contributed by atoms with E-state index in [0.717, 1.165) is 15.6 Å². The van der Waals surface area contributed by atoms with Crippen LogP contribution in [0.2, 0.25) is 0 Å². The van der Waals surface area contributed by atoms with E-state index in [0.29, 0.717) is 25.1 Å². The fraction of sp³-hybridized carbons (Fsp3) is 0.211. The molecule has 0 aliphatic carbocycles. The number of amides is 2. The van der Waals surface area contributed by atoms with Gasteiger partial charge in [-0.25, -0.2) is 0 Å². The second kappa shape index (κ2) is 9.60. The van der Waals surface area contributed by atoms with Gasteiger partial charge in [-0.15, -0.1) is 0 Å². The van der Waals surface area contributed by atoms with Crippen LogP contribution < -0.4 is 10.6 Å². The van der Waals surface area contributed by atoms with Crippen molar-refractivity contribution >= 4 is 33.4 Å². The highest BCUT2D eigenvalue weighted by atomic mass is 79.9. The van der Waals surface area contributed by atoms with Crippen LogP contribution in [0, 0.1) is 11.3 Å². The molecular formula is C19H18BrN3O2. The van der Waals surface area contributed by atoms with Gasteiger partial charge in [0.15, 0.2) is 0 Å². The molecule has 0 spiro atoms. The number of halogens is 1. The maximum atomic E-state index is 12.0. The Bertz CT molecular complexity index is 782. The van der Waals surface area contributed by atoms with Crippen molar-refractivity contribution in [1.29, 1.82) is 5.26 Å². The Labute approximate surface area is 155 Å². The van der Waals surface area contributed by atoms with Gasteiger partial charge < -0.3 is 10.6 Å². The van der Waals surface area contributed by atoms with E-state index >= 15 is 0 Å². The minimum atomic E-state index is -0.349. The smallest absolute Gasteiger partial charge is 0.238 e. The largest absolute Gasteiger partial charge is 0.352 e. The Morgan fingerprint density at radius 2 is 1.80 bits per heavy atom. The van der Waals surface area contributed by atoms with E-state index in [4.69, 9.17) is 5.26 Å². The second-order valence-corrected chi connectivity index (χ2v) is 6.40. The normalized spacial score (nSPS) is 9.92. The molecule has 0 unspecified atom stereocenters. The molecule has 0 bridgehead atoms. The average Bonchev–Trinajstić information content (AvgIpc) is 2.60. The van der Waals surface area contributed by atoms with Crippen LogP contribution in [0.5, 0.6) is 0 Å². The van der Waals surface area contributed by atoms with Crippen LogP contribution in [-0.4, -0.2) is 11.8 Å².